The van der Waals surface area contributed by atoms with Gasteiger partial charge in [-0.05, 0) is 37.0 Å². The first-order chi connectivity index (χ1) is 14.4. The number of amides is 3. The van der Waals surface area contributed by atoms with E-state index in [-0.39, 0.29) is 11.9 Å². The molecule has 0 unspecified atom stereocenters. The van der Waals surface area contributed by atoms with Crippen molar-refractivity contribution in [2.75, 3.05) is 76.8 Å². The molecule has 8 nitrogen and oxygen atoms in total. The monoisotopic (exact) mass is 417 g/mol. The summed E-state index contributed by atoms with van der Waals surface area (Å²) in [6.07, 6.45) is 2.24. The fourth-order valence-electron chi connectivity index (χ4n) is 3.80. The Hall–Kier alpha value is -2.32. The van der Waals surface area contributed by atoms with Crippen molar-refractivity contribution in [2.45, 2.75) is 19.8 Å². The number of benzene rings is 1. The smallest absolute Gasteiger partial charge is 0.321 e. The van der Waals surface area contributed by atoms with Crippen molar-refractivity contribution in [2.24, 2.45) is 5.92 Å². The van der Waals surface area contributed by atoms with Crippen LogP contribution in [0.5, 0.6) is 0 Å². The lowest BCUT2D eigenvalue weighted by molar-refractivity contribution is 0.0383. The minimum Gasteiger partial charge on any atom is -0.379 e. The number of rotatable bonds is 6. The van der Waals surface area contributed by atoms with Gasteiger partial charge in [-0.1, -0.05) is 6.92 Å². The van der Waals surface area contributed by atoms with Crippen molar-refractivity contribution >= 4 is 23.3 Å². The number of nitrogens with zero attached hydrogens (tertiary/aromatic N) is 3. The molecule has 2 N–H and O–H groups in total. The predicted molar refractivity (Wildman–Crippen MR) is 119 cm³/mol. The highest BCUT2D eigenvalue weighted by atomic mass is 16.5. The molecule has 0 spiro atoms. The van der Waals surface area contributed by atoms with Crippen molar-refractivity contribution < 1.29 is 14.3 Å². The number of urea groups is 1. The van der Waals surface area contributed by atoms with Gasteiger partial charge in [0.2, 0.25) is 0 Å². The summed E-state index contributed by atoms with van der Waals surface area (Å²) in [5, 5.41) is 5.91. The lowest BCUT2D eigenvalue weighted by atomic mass is 9.98. The van der Waals surface area contributed by atoms with Crippen LogP contribution in [0.2, 0.25) is 0 Å². The first-order valence-corrected chi connectivity index (χ1v) is 10.9. The standard InChI is InChI=1S/C22H35N5O3/c1-17-6-9-27(10-7-17)20-5-4-18(24-22(29)25(2)3)16-19(20)21(28)23-8-11-26-12-14-30-15-13-26/h4-5,16-17H,6-15H2,1-3H3,(H,23,28)(H,24,29). The average molecular weight is 418 g/mol. The van der Waals surface area contributed by atoms with Crippen molar-refractivity contribution in [3.63, 3.8) is 0 Å². The second-order valence-electron chi connectivity index (χ2n) is 8.44. The third-order valence-electron chi connectivity index (χ3n) is 5.84. The summed E-state index contributed by atoms with van der Waals surface area (Å²) >= 11 is 0. The largest absolute Gasteiger partial charge is 0.379 e. The Bertz CT molecular complexity index is 725. The van der Waals surface area contributed by atoms with Crippen molar-refractivity contribution in [3.8, 4) is 0 Å². The van der Waals surface area contributed by atoms with E-state index in [0.717, 1.165) is 64.5 Å². The fourth-order valence-corrected chi connectivity index (χ4v) is 3.80. The first-order valence-electron chi connectivity index (χ1n) is 10.9. The van der Waals surface area contributed by atoms with Crippen LogP contribution in [0.4, 0.5) is 16.2 Å². The normalized spacial score (nSPS) is 18.2. The first kappa shape index (κ1) is 22.4. The molecule has 3 rings (SSSR count). The third kappa shape index (κ3) is 6.09. The van der Waals surface area contributed by atoms with Crippen LogP contribution in [-0.4, -0.2) is 88.3 Å². The van der Waals surface area contributed by atoms with Crippen LogP contribution in [0.3, 0.4) is 0 Å². The lowest BCUT2D eigenvalue weighted by Crippen LogP contribution is -2.41. The van der Waals surface area contributed by atoms with E-state index in [1.807, 2.05) is 12.1 Å². The van der Waals surface area contributed by atoms with Crippen molar-refractivity contribution in [1.82, 2.24) is 15.1 Å². The Labute approximate surface area is 179 Å². The molecule has 1 aromatic carbocycles. The zero-order valence-corrected chi connectivity index (χ0v) is 18.4. The Morgan fingerprint density at radius 2 is 1.83 bits per heavy atom. The SMILES string of the molecule is CC1CCN(c2ccc(NC(=O)N(C)C)cc2C(=O)NCCN2CCOCC2)CC1. The molecule has 30 heavy (non-hydrogen) atoms. The van der Waals surface area contributed by atoms with Gasteiger partial charge in [-0.3, -0.25) is 9.69 Å². The number of piperidine rings is 1. The maximum Gasteiger partial charge on any atom is 0.321 e. The van der Waals surface area contributed by atoms with Crippen LogP contribution in [0, 0.1) is 5.92 Å². The minimum atomic E-state index is -0.215. The van der Waals surface area contributed by atoms with Gasteiger partial charge in [0.1, 0.15) is 0 Å². The Kier molecular flexibility index (Phi) is 7.93. The molecule has 2 saturated heterocycles. The molecule has 2 aliphatic heterocycles. The van der Waals surface area contributed by atoms with E-state index in [9.17, 15) is 9.59 Å². The van der Waals surface area contributed by atoms with E-state index in [0.29, 0.717) is 23.7 Å². The van der Waals surface area contributed by atoms with Gasteiger partial charge in [0, 0.05) is 64.7 Å². The molecule has 1 aromatic rings. The van der Waals surface area contributed by atoms with Gasteiger partial charge in [0.05, 0.1) is 18.8 Å². The van der Waals surface area contributed by atoms with Gasteiger partial charge in [-0.15, -0.1) is 0 Å². The number of carbonyl (C=O) groups excluding carboxylic acids is 2. The van der Waals surface area contributed by atoms with Gasteiger partial charge in [-0.25, -0.2) is 4.79 Å². The van der Waals surface area contributed by atoms with Crippen molar-refractivity contribution in [3.05, 3.63) is 23.8 Å². The summed E-state index contributed by atoms with van der Waals surface area (Å²) in [5.74, 6) is 0.614. The topological polar surface area (TPSA) is 77.2 Å². The third-order valence-corrected chi connectivity index (χ3v) is 5.84. The van der Waals surface area contributed by atoms with Gasteiger partial charge < -0.3 is 25.2 Å². The highest BCUT2D eigenvalue weighted by molar-refractivity contribution is 6.02. The summed E-state index contributed by atoms with van der Waals surface area (Å²) in [5.41, 5.74) is 2.18. The quantitative estimate of drug-likeness (QED) is 0.741. The molecule has 0 aromatic heterocycles. The maximum atomic E-state index is 13.1. The second-order valence-corrected chi connectivity index (χ2v) is 8.44. The van der Waals surface area contributed by atoms with Gasteiger partial charge in [-0.2, -0.15) is 0 Å². The van der Waals surface area contributed by atoms with E-state index in [1.165, 1.54) is 4.90 Å². The number of morpholine rings is 1. The highest BCUT2D eigenvalue weighted by Crippen LogP contribution is 2.28. The molecule has 8 heteroatoms. The zero-order valence-electron chi connectivity index (χ0n) is 18.4. The molecule has 0 radical (unpaired) electrons. The fraction of sp³-hybridized carbons (Fsp3) is 0.636. The number of anilines is 2. The summed E-state index contributed by atoms with van der Waals surface area (Å²) < 4.78 is 5.38. The predicted octanol–water partition coefficient (Wildman–Crippen LogP) is 2.08. The highest BCUT2D eigenvalue weighted by Gasteiger charge is 2.22. The van der Waals surface area contributed by atoms with E-state index in [1.54, 1.807) is 20.2 Å². The molecule has 0 bridgehead atoms. The zero-order chi connectivity index (χ0) is 21.5. The van der Waals surface area contributed by atoms with Crippen LogP contribution in [0.1, 0.15) is 30.1 Å². The number of hydrogen-bond acceptors (Lipinski definition) is 5. The Morgan fingerprint density at radius 3 is 2.50 bits per heavy atom. The van der Waals surface area contributed by atoms with Crippen LogP contribution in [0.15, 0.2) is 18.2 Å². The van der Waals surface area contributed by atoms with E-state index < -0.39 is 0 Å². The van der Waals surface area contributed by atoms with Crippen LogP contribution in [-0.2, 0) is 4.74 Å². The molecule has 2 fully saturated rings. The number of ether oxygens (including phenoxy) is 1. The molecule has 2 aliphatic rings. The maximum absolute atomic E-state index is 13.1. The van der Waals surface area contributed by atoms with Gasteiger partial charge >= 0.3 is 6.03 Å². The molecule has 166 valence electrons. The minimum absolute atomic E-state index is 0.0992. The molecule has 0 saturated carbocycles. The van der Waals surface area contributed by atoms with Crippen LogP contribution < -0.4 is 15.5 Å². The number of nitrogens with one attached hydrogen (secondary N) is 2. The van der Waals surface area contributed by atoms with E-state index >= 15 is 0 Å². The molecule has 3 amide bonds. The summed E-state index contributed by atoms with van der Waals surface area (Å²) in [6.45, 7) is 8.86. The molecule has 2 heterocycles. The summed E-state index contributed by atoms with van der Waals surface area (Å²) in [6, 6.07) is 5.41. The van der Waals surface area contributed by atoms with Crippen LogP contribution >= 0.6 is 0 Å². The number of carbonyl (C=O) groups is 2. The molecular formula is C22H35N5O3. The van der Waals surface area contributed by atoms with Gasteiger partial charge in [0.15, 0.2) is 0 Å². The van der Waals surface area contributed by atoms with Gasteiger partial charge in [0.25, 0.3) is 5.91 Å². The molecular weight excluding hydrogens is 382 g/mol. The molecule has 0 atom stereocenters. The number of hydrogen-bond donors (Lipinski definition) is 2. The summed E-state index contributed by atoms with van der Waals surface area (Å²) in [4.78, 5) is 31.2. The van der Waals surface area contributed by atoms with Crippen molar-refractivity contribution in [1.29, 1.82) is 0 Å². The van der Waals surface area contributed by atoms with E-state index in [2.05, 4.69) is 27.4 Å². The second kappa shape index (κ2) is 10.6. The lowest BCUT2D eigenvalue weighted by Gasteiger charge is -2.33. The Balaban J connectivity index is 1.71. The Morgan fingerprint density at radius 1 is 1.13 bits per heavy atom. The average Bonchev–Trinajstić information content (AvgIpc) is 2.75. The molecule has 0 aliphatic carbocycles. The van der Waals surface area contributed by atoms with E-state index in [4.69, 9.17) is 4.74 Å². The summed E-state index contributed by atoms with van der Waals surface area (Å²) in [7, 11) is 3.38. The van der Waals surface area contributed by atoms with Crippen LogP contribution in [0.25, 0.3) is 0 Å².